The van der Waals surface area contributed by atoms with Gasteiger partial charge in [-0.2, -0.15) is 0 Å². The van der Waals surface area contributed by atoms with E-state index in [0.29, 0.717) is 24.8 Å². The van der Waals surface area contributed by atoms with E-state index >= 15 is 0 Å². The maximum atomic E-state index is 11.7. The summed E-state index contributed by atoms with van der Waals surface area (Å²) in [5.74, 6) is -0.923. The van der Waals surface area contributed by atoms with Crippen LogP contribution in [0.4, 0.5) is 0 Å². The second-order valence-electron chi connectivity index (χ2n) is 6.45. The van der Waals surface area contributed by atoms with Crippen LogP contribution in [0.5, 0.6) is 0 Å². The molecule has 1 N–H and O–H groups in total. The minimum absolute atomic E-state index is 0.0149. The van der Waals surface area contributed by atoms with Crippen LogP contribution in [0.25, 0.3) is 0 Å². The fourth-order valence-corrected chi connectivity index (χ4v) is 4.14. The third-order valence-corrected chi connectivity index (χ3v) is 5.42. The highest BCUT2D eigenvalue weighted by atomic mass is 16.6. The van der Waals surface area contributed by atoms with E-state index in [4.69, 9.17) is 9.47 Å². The molecule has 20 heavy (non-hydrogen) atoms. The van der Waals surface area contributed by atoms with E-state index in [2.05, 4.69) is 6.58 Å². The summed E-state index contributed by atoms with van der Waals surface area (Å²) >= 11 is 0. The van der Waals surface area contributed by atoms with Crippen LogP contribution in [0.3, 0.4) is 0 Å². The average molecular weight is 280 g/mol. The molecular weight excluding hydrogens is 260 g/mol. The van der Waals surface area contributed by atoms with Gasteiger partial charge in [0.1, 0.15) is 17.3 Å². The summed E-state index contributed by atoms with van der Waals surface area (Å²) in [6.07, 6.45) is 1.56. The van der Waals surface area contributed by atoms with Gasteiger partial charge in [-0.05, 0) is 25.7 Å². The standard InChI is InChI=1S/C15H20O5/c1-8-4-5-10-9(2)13(17)19-12(10)14(3,18)15(8)7-6-11(16)20-15/h8,10,12,18H,2,4-7H2,1,3H3/t8-,10-,12+,14-,15-/m1/s1. The molecule has 3 rings (SSSR count). The number of hydrogen-bond acceptors (Lipinski definition) is 5. The Labute approximate surface area is 117 Å². The Bertz CT molecular complexity index is 494. The zero-order valence-corrected chi connectivity index (χ0v) is 11.8. The van der Waals surface area contributed by atoms with Crippen molar-refractivity contribution in [2.24, 2.45) is 11.8 Å². The number of hydrogen-bond donors (Lipinski definition) is 1. The van der Waals surface area contributed by atoms with Gasteiger partial charge in [-0.15, -0.1) is 0 Å². The summed E-state index contributed by atoms with van der Waals surface area (Å²) in [7, 11) is 0. The molecule has 5 heteroatoms. The van der Waals surface area contributed by atoms with Crippen molar-refractivity contribution in [3.63, 3.8) is 0 Å². The van der Waals surface area contributed by atoms with Crippen molar-refractivity contribution < 1.29 is 24.2 Å². The number of esters is 2. The second kappa shape index (κ2) is 4.07. The molecule has 0 amide bonds. The number of ether oxygens (including phenoxy) is 2. The van der Waals surface area contributed by atoms with E-state index in [1.807, 2.05) is 6.92 Å². The van der Waals surface area contributed by atoms with Crippen LogP contribution in [0.1, 0.15) is 39.5 Å². The highest BCUT2D eigenvalue weighted by Gasteiger charge is 2.66. The Kier molecular flexibility index (Phi) is 2.77. The maximum Gasteiger partial charge on any atom is 0.334 e. The van der Waals surface area contributed by atoms with Gasteiger partial charge in [-0.1, -0.05) is 13.5 Å². The van der Waals surface area contributed by atoms with E-state index in [0.717, 1.165) is 6.42 Å². The van der Waals surface area contributed by atoms with Gasteiger partial charge in [-0.25, -0.2) is 4.79 Å². The molecule has 5 atom stereocenters. The highest BCUT2D eigenvalue weighted by molar-refractivity contribution is 5.91. The zero-order valence-electron chi connectivity index (χ0n) is 11.8. The zero-order chi connectivity index (χ0) is 14.7. The van der Waals surface area contributed by atoms with E-state index in [-0.39, 0.29) is 17.8 Å². The van der Waals surface area contributed by atoms with Gasteiger partial charge in [0.05, 0.1) is 0 Å². The van der Waals surface area contributed by atoms with E-state index < -0.39 is 23.3 Å². The van der Waals surface area contributed by atoms with Crippen LogP contribution < -0.4 is 0 Å². The van der Waals surface area contributed by atoms with Crippen molar-refractivity contribution in [3.05, 3.63) is 12.2 Å². The summed E-state index contributed by atoms with van der Waals surface area (Å²) in [4.78, 5) is 23.4. The normalized spacial score (nSPS) is 48.0. The molecule has 3 fully saturated rings. The largest absolute Gasteiger partial charge is 0.456 e. The summed E-state index contributed by atoms with van der Waals surface area (Å²) < 4.78 is 10.9. The summed E-state index contributed by atoms with van der Waals surface area (Å²) in [6.45, 7) is 7.40. The predicted octanol–water partition coefficient (Wildman–Crippen LogP) is 1.34. The molecule has 2 heterocycles. The fraction of sp³-hybridized carbons (Fsp3) is 0.733. The Morgan fingerprint density at radius 2 is 2.05 bits per heavy atom. The first-order chi connectivity index (χ1) is 9.29. The predicted molar refractivity (Wildman–Crippen MR) is 69.6 cm³/mol. The molecule has 0 aromatic heterocycles. The van der Waals surface area contributed by atoms with Crippen LogP contribution in [0.2, 0.25) is 0 Å². The average Bonchev–Trinajstić information content (AvgIpc) is 2.89. The first-order valence-electron chi connectivity index (χ1n) is 7.13. The van der Waals surface area contributed by atoms with Crippen molar-refractivity contribution in [3.8, 4) is 0 Å². The van der Waals surface area contributed by atoms with Gasteiger partial charge in [0.2, 0.25) is 0 Å². The Morgan fingerprint density at radius 1 is 1.35 bits per heavy atom. The van der Waals surface area contributed by atoms with Gasteiger partial charge in [-0.3, -0.25) is 4.79 Å². The molecule has 0 aromatic carbocycles. The van der Waals surface area contributed by atoms with Gasteiger partial charge in [0.25, 0.3) is 0 Å². The molecule has 3 aliphatic rings. The molecule has 1 saturated carbocycles. The van der Waals surface area contributed by atoms with Crippen molar-refractivity contribution in [2.45, 2.75) is 56.8 Å². The minimum Gasteiger partial charge on any atom is -0.456 e. The van der Waals surface area contributed by atoms with Crippen molar-refractivity contribution in [1.82, 2.24) is 0 Å². The Hall–Kier alpha value is -1.36. The molecular formula is C15H20O5. The lowest BCUT2D eigenvalue weighted by molar-refractivity contribution is -0.219. The third-order valence-electron chi connectivity index (χ3n) is 5.42. The molecule has 0 radical (unpaired) electrons. The Morgan fingerprint density at radius 3 is 2.65 bits per heavy atom. The molecule has 0 unspecified atom stereocenters. The number of fused-ring (bicyclic) bond motifs is 1. The quantitative estimate of drug-likeness (QED) is 0.535. The lowest BCUT2D eigenvalue weighted by Crippen LogP contribution is -2.62. The summed E-state index contributed by atoms with van der Waals surface area (Å²) in [5.41, 5.74) is -1.94. The highest BCUT2D eigenvalue weighted by Crippen LogP contribution is 2.53. The maximum absolute atomic E-state index is 11.7. The molecule has 2 saturated heterocycles. The third kappa shape index (κ3) is 1.53. The SMILES string of the molecule is C=C1C(=O)O[C@H]2[C@@H]1CC[C@@H](C)[C@]1(CCC(=O)O1)[C@]2(C)O. The first kappa shape index (κ1) is 13.6. The van der Waals surface area contributed by atoms with Crippen LogP contribution in [-0.2, 0) is 19.1 Å². The van der Waals surface area contributed by atoms with E-state index in [1.54, 1.807) is 6.92 Å². The van der Waals surface area contributed by atoms with Crippen LogP contribution >= 0.6 is 0 Å². The number of aliphatic hydroxyl groups is 1. The number of rotatable bonds is 0. The van der Waals surface area contributed by atoms with Crippen molar-refractivity contribution >= 4 is 11.9 Å². The molecule has 1 aliphatic carbocycles. The van der Waals surface area contributed by atoms with Gasteiger partial charge >= 0.3 is 11.9 Å². The minimum atomic E-state index is -1.39. The topological polar surface area (TPSA) is 72.8 Å². The molecule has 110 valence electrons. The fourth-order valence-electron chi connectivity index (χ4n) is 4.14. The molecule has 0 aromatic rings. The lowest BCUT2D eigenvalue weighted by Gasteiger charge is -2.46. The smallest absolute Gasteiger partial charge is 0.334 e. The molecule has 2 aliphatic heterocycles. The molecule has 5 nitrogen and oxygen atoms in total. The second-order valence-corrected chi connectivity index (χ2v) is 6.45. The number of carbonyl (C=O) groups is 2. The molecule has 1 spiro atoms. The van der Waals surface area contributed by atoms with Crippen molar-refractivity contribution in [1.29, 1.82) is 0 Å². The van der Waals surface area contributed by atoms with Crippen LogP contribution in [0.15, 0.2) is 12.2 Å². The van der Waals surface area contributed by atoms with Crippen LogP contribution in [0, 0.1) is 11.8 Å². The van der Waals surface area contributed by atoms with Gasteiger partial charge in [0.15, 0.2) is 0 Å². The number of carbonyl (C=O) groups excluding carboxylic acids is 2. The molecule has 0 bridgehead atoms. The van der Waals surface area contributed by atoms with Gasteiger partial charge in [0, 0.05) is 24.3 Å². The monoisotopic (exact) mass is 280 g/mol. The van der Waals surface area contributed by atoms with Gasteiger partial charge < -0.3 is 14.6 Å². The Balaban J connectivity index is 2.06. The van der Waals surface area contributed by atoms with E-state index in [9.17, 15) is 14.7 Å². The lowest BCUT2D eigenvalue weighted by atomic mass is 9.70. The van der Waals surface area contributed by atoms with E-state index in [1.165, 1.54) is 0 Å². The van der Waals surface area contributed by atoms with Crippen molar-refractivity contribution in [2.75, 3.05) is 0 Å². The summed E-state index contributed by atoms with van der Waals surface area (Å²) in [6, 6.07) is 0. The first-order valence-corrected chi connectivity index (χ1v) is 7.13. The summed E-state index contributed by atoms with van der Waals surface area (Å²) in [5, 5.41) is 11.1. The van der Waals surface area contributed by atoms with Crippen LogP contribution in [-0.4, -0.2) is 34.4 Å².